The molecule has 0 fully saturated rings. The number of rotatable bonds is 8. The molecule has 1 amide bonds. The molecular weight excluding hydrogens is 342 g/mol. The van der Waals surface area contributed by atoms with Gasteiger partial charge in [-0.25, -0.2) is 0 Å². The van der Waals surface area contributed by atoms with Crippen molar-refractivity contribution in [2.75, 3.05) is 26.9 Å². The first-order valence-electron chi connectivity index (χ1n) is 7.96. The van der Waals surface area contributed by atoms with Crippen LogP contribution < -0.4 is 10.1 Å². The SMILES string of the molecule is COc1ccc(Cl)cc1C(=O)NCC(OCCO)c1ccc(C)cc1. The number of benzene rings is 2. The van der Waals surface area contributed by atoms with Gasteiger partial charge in [0.05, 0.1) is 32.0 Å². The highest BCUT2D eigenvalue weighted by Crippen LogP contribution is 2.23. The quantitative estimate of drug-likeness (QED) is 0.756. The van der Waals surface area contributed by atoms with Crippen LogP contribution in [0.1, 0.15) is 27.6 Å². The van der Waals surface area contributed by atoms with Gasteiger partial charge in [-0.15, -0.1) is 0 Å². The first kappa shape index (κ1) is 19.2. The Bertz CT molecular complexity index is 703. The van der Waals surface area contributed by atoms with Gasteiger partial charge in [0.1, 0.15) is 5.75 Å². The number of aliphatic hydroxyl groups excluding tert-OH is 1. The van der Waals surface area contributed by atoms with Crippen LogP contribution in [-0.4, -0.2) is 37.9 Å². The zero-order chi connectivity index (χ0) is 18.2. The van der Waals surface area contributed by atoms with Gasteiger partial charge < -0.3 is 19.9 Å². The summed E-state index contributed by atoms with van der Waals surface area (Å²) in [7, 11) is 1.50. The number of nitrogens with one attached hydrogen (secondary N) is 1. The maximum Gasteiger partial charge on any atom is 0.255 e. The molecule has 0 spiro atoms. The highest BCUT2D eigenvalue weighted by atomic mass is 35.5. The van der Waals surface area contributed by atoms with E-state index in [0.717, 1.165) is 11.1 Å². The van der Waals surface area contributed by atoms with Crippen LogP contribution in [0.25, 0.3) is 0 Å². The number of ether oxygens (including phenoxy) is 2. The minimum absolute atomic E-state index is 0.0849. The van der Waals surface area contributed by atoms with Crippen molar-refractivity contribution in [3.8, 4) is 5.75 Å². The Kier molecular flexibility index (Phi) is 7.25. The average molecular weight is 364 g/mol. The van der Waals surface area contributed by atoms with Crippen molar-refractivity contribution in [1.82, 2.24) is 5.32 Å². The normalized spacial score (nSPS) is 11.8. The molecule has 0 radical (unpaired) electrons. The fourth-order valence-electron chi connectivity index (χ4n) is 2.39. The van der Waals surface area contributed by atoms with Crippen LogP contribution >= 0.6 is 11.6 Å². The number of halogens is 1. The molecule has 0 aromatic heterocycles. The molecule has 25 heavy (non-hydrogen) atoms. The molecule has 2 aromatic rings. The van der Waals surface area contributed by atoms with Gasteiger partial charge in [-0.2, -0.15) is 0 Å². The minimum atomic E-state index is -0.359. The number of aryl methyl sites for hydroxylation is 1. The van der Waals surface area contributed by atoms with Gasteiger partial charge in [0.2, 0.25) is 0 Å². The Morgan fingerprint density at radius 2 is 1.96 bits per heavy atom. The molecule has 0 aliphatic heterocycles. The molecule has 0 aliphatic rings. The first-order chi connectivity index (χ1) is 12.0. The fourth-order valence-corrected chi connectivity index (χ4v) is 2.56. The number of aliphatic hydroxyl groups is 1. The van der Waals surface area contributed by atoms with Crippen LogP contribution in [0, 0.1) is 6.92 Å². The van der Waals surface area contributed by atoms with E-state index in [9.17, 15) is 4.79 Å². The fraction of sp³-hybridized carbons (Fsp3) is 0.316. The molecular formula is C19H22ClNO4. The molecule has 2 aromatic carbocycles. The second-order valence-corrected chi connectivity index (χ2v) is 5.98. The monoisotopic (exact) mass is 363 g/mol. The molecule has 0 saturated carbocycles. The number of amides is 1. The van der Waals surface area contributed by atoms with Gasteiger partial charge in [0.25, 0.3) is 5.91 Å². The Labute approximate surface area is 152 Å². The van der Waals surface area contributed by atoms with Crippen molar-refractivity contribution in [3.63, 3.8) is 0 Å². The van der Waals surface area contributed by atoms with E-state index in [4.69, 9.17) is 26.2 Å². The molecule has 0 saturated heterocycles. The summed E-state index contributed by atoms with van der Waals surface area (Å²) in [5, 5.41) is 12.3. The van der Waals surface area contributed by atoms with E-state index in [1.54, 1.807) is 18.2 Å². The molecule has 134 valence electrons. The number of carbonyl (C=O) groups excluding carboxylic acids is 1. The van der Waals surface area contributed by atoms with E-state index in [-0.39, 0.29) is 31.8 Å². The van der Waals surface area contributed by atoms with Gasteiger partial charge in [0.15, 0.2) is 0 Å². The van der Waals surface area contributed by atoms with Crippen LogP contribution in [0.2, 0.25) is 5.02 Å². The van der Waals surface area contributed by atoms with Crippen molar-refractivity contribution in [2.24, 2.45) is 0 Å². The summed E-state index contributed by atoms with van der Waals surface area (Å²) in [5.74, 6) is 0.147. The van der Waals surface area contributed by atoms with Crippen LogP contribution in [0.5, 0.6) is 5.75 Å². The van der Waals surface area contributed by atoms with E-state index in [1.807, 2.05) is 31.2 Å². The number of methoxy groups -OCH3 is 1. The minimum Gasteiger partial charge on any atom is -0.496 e. The summed E-state index contributed by atoms with van der Waals surface area (Å²) in [4.78, 5) is 12.5. The molecule has 2 rings (SSSR count). The molecule has 0 bridgehead atoms. The molecule has 6 heteroatoms. The highest BCUT2D eigenvalue weighted by Gasteiger charge is 2.17. The third-order valence-corrected chi connectivity index (χ3v) is 3.95. The average Bonchev–Trinajstić information content (AvgIpc) is 2.62. The van der Waals surface area contributed by atoms with E-state index >= 15 is 0 Å². The van der Waals surface area contributed by atoms with Gasteiger partial charge in [0, 0.05) is 11.6 Å². The largest absolute Gasteiger partial charge is 0.496 e. The Hall–Kier alpha value is -2.08. The van der Waals surface area contributed by atoms with Gasteiger partial charge in [-0.05, 0) is 30.7 Å². The van der Waals surface area contributed by atoms with Crippen LogP contribution in [0.3, 0.4) is 0 Å². The van der Waals surface area contributed by atoms with E-state index in [2.05, 4.69) is 5.32 Å². The predicted octanol–water partition coefficient (Wildman–Crippen LogP) is 3.14. The number of carbonyl (C=O) groups is 1. The van der Waals surface area contributed by atoms with Crippen molar-refractivity contribution in [1.29, 1.82) is 0 Å². The Morgan fingerprint density at radius 3 is 2.60 bits per heavy atom. The lowest BCUT2D eigenvalue weighted by Crippen LogP contribution is -2.30. The highest BCUT2D eigenvalue weighted by molar-refractivity contribution is 6.31. The van der Waals surface area contributed by atoms with Crippen molar-refractivity contribution >= 4 is 17.5 Å². The van der Waals surface area contributed by atoms with Crippen LogP contribution in [0.4, 0.5) is 0 Å². The van der Waals surface area contributed by atoms with Crippen LogP contribution in [-0.2, 0) is 4.74 Å². The first-order valence-corrected chi connectivity index (χ1v) is 8.33. The van der Waals surface area contributed by atoms with Gasteiger partial charge in [-0.1, -0.05) is 41.4 Å². The van der Waals surface area contributed by atoms with Crippen molar-refractivity contribution in [2.45, 2.75) is 13.0 Å². The topological polar surface area (TPSA) is 67.8 Å². The molecule has 0 aliphatic carbocycles. The second kappa shape index (κ2) is 9.42. The third kappa shape index (κ3) is 5.46. The van der Waals surface area contributed by atoms with Crippen LogP contribution in [0.15, 0.2) is 42.5 Å². The summed E-state index contributed by atoms with van der Waals surface area (Å²) in [5.41, 5.74) is 2.43. The summed E-state index contributed by atoms with van der Waals surface area (Å²) < 4.78 is 10.9. The van der Waals surface area contributed by atoms with E-state index in [1.165, 1.54) is 7.11 Å². The summed E-state index contributed by atoms with van der Waals surface area (Å²) in [6.07, 6.45) is -0.359. The van der Waals surface area contributed by atoms with Crippen molar-refractivity contribution in [3.05, 3.63) is 64.2 Å². The zero-order valence-electron chi connectivity index (χ0n) is 14.3. The number of hydrogen-bond donors (Lipinski definition) is 2. The summed E-state index contributed by atoms with van der Waals surface area (Å²) in [6.45, 7) is 2.37. The molecule has 0 heterocycles. The second-order valence-electron chi connectivity index (χ2n) is 5.55. The van der Waals surface area contributed by atoms with E-state index < -0.39 is 0 Å². The third-order valence-electron chi connectivity index (χ3n) is 3.71. The Morgan fingerprint density at radius 1 is 1.24 bits per heavy atom. The molecule has 2 N–H and O–H groups in total. The lowest BCUT2D eigenvalue weighted by Gasteiger charge is -2.19. The lowest BCUT2D eigenvalue weighted by molar-refractivity contribution is 0.0277. The molecule has 1 atom stereocenters. The smallest absolute Gasteiger partial charge is 0.255 e. The molecule has 5 nitrogen and oxygen atoms in total. The maximum atomic E-state index is 12.5. The zero-order valence-corrected chi connectivity index (χ0v) is 15.0. The Balaban J connectivity index is 2.10. The van der Waals surface area contributed by atoms with Gasteiger partial charge in [-0.3, -0.25) is 4.79 Å². The lowest BCUT2D eigenvalue weighted by atomic mass is 10.1. The predicted molar refractivity (Wildman–Crippen MR) is 97.3 cm³/mol. The number of hydrogen-bond acceptors (Lipinski definition) is 4. The summed E-state index contributed by atoms with van der Waals surface area (Å²) in [6, 6.07) is 12.7. The molecule has 1 unspecified atom stereocenters. The summed E-state index contributed by atoms with van der Waals surface area (Å²) >= 11 is 5.97. The standard InChI is InChI=1S/C19H22ClNO4/c1-13-3-5-14(6-4-13)18(25-10-9-22)12-21-19(23)16-11-15(20)7-8-17(16)24-2/h3-8,11,18,22H,9-10,12H2,1-2H3,(H,21,23). The maximum absolute atomic E-state index is 12.5. The van der Waals surface area contributed by atoms with Gasteiger partial charge >= 0.3 is 0 Å². The van der Waals surface area contributed by atoms with Crippen molar-refractivity contribution < 1.29 is 19.4 Å². The van der Waals surface area contributed by atoms with E-state index in [0.29, 0.717) is 16.3 Å².